The van der Waals surface area contributed by atoms with E-state index in [1.807, 2.05) is 26.0 Å². The first-order valence-corrected chi connectivity index (χ1v) is 10.1. The number of carbonyl (C=O) groups is 3. The normalized spacial score (nSPS) is 15.6. The van der Waals surface area contributed by atoms with Gasteiger partial charge in [-0.05, 0) is 56.2 Å². The Balaban J connectivity index is 1.68. The molecular formula is C21H24N2O4S. The van der Waals surface area contributed by atoms with E-state index in [-0.39, 0.29) is 0 Å². The zero-order valence-corrected chi connectivity index (χ0v) is 17.1. The van der Waals surface area contributed by atoms with E-state index in [0.29, 0.717) is 22.0 Å². The first-order valence-electron chi connectivity index (χ1n) is 9.24. The van der Waals surface area contributed by atoms with Gasteiger partial charge in [-0.2, -0.15) is 0 Å². The molecule has 0 bridgehead atoms. The summed E-state index contributed by atoms with van der Waals surface area (Å²) in [5, 5.41) is 3.14. The standard InChI is InChI=1S/C21H24N2O4S/c1-11-4-6-14(13(3)8-11)21(26)27-10-17(24)23-20-18(19(22)25)15-7-5-12(2)9-16(15)28-20/h4,6,8,12H,5,7,9-10H2,1-3H3,(H2,22,25)(H,23,24)/t12-/m1/s1. The van der Waals surface area contributed by atoms with Crippen molar-refractivity contribution in [3.63, 3.8) is 0 Å². The second-order valence-corrected chi connectivity index (χ2v) is 8.47. The van der Waals surface area contributed by atoms with Gasteiger partial charge in [-0.15, -0.1) is 11.3 Å². The predicted octanol–water partition coefficient (Wildman–Crippen LogP) is 3.38. The van der Waals surface area contributed by atoms with Crippen molar-refractivity contribution < 1.29 is 19.1 Å². The van der Waals surface area contributed by atoms with Crippen molar-refractivity contribution in [2.75, 3.05) is 11.9 Å². The molecule has 0 unspecified atom stereocenters. The highest BCUT2D eigenvalue weighted by Gasteiger charge is 2.27. The molecule has 0 saturated carbocycles. The van der Waals surface area contributed by atoms with E-state index in [1.165, 1.54) is 11.3 Å². The van der Waals surface area contributed by atoms with Gasteiger partial charge in [0.05, 0.1) is 11.1 Å². The number of fused-ring (bicyclic) bond motifs is 1. The SMILES string of the molecule is Cc1ccc(C(=O)OCC(=O)Nc2sc3c(c2C(N)=O)CC[C@@H](C)C3)c(C)c1. The first-order chi connectivity index (χ1) is 13.3. The second-order valence-electron chi connectivity index (χ2n) is 7.36. The third-order valence-corrected chi connectivity index (χ3v) is 6.12. The molecule has 3 rings (SSSR count). The van der Waals surface area contributed by atoms with Crippen LogP contribution in [-0.2, 0) is 22.4 Å². The van der Waals surface area contributed by atoms with Crippen LogP contribution in [0, 0.1) is 19.8 Å². The molecule has 1 atom stereocenters. The molecule has 0 aliphatic heterocycles. The molecular weight excluding hydrogens is 376 g/mol. The number of nitrogens with two attached hydrogens (primary N) is 1. The van der Waals surface area contributed by atoms with Crippen LogP contribution < -0.4 is 11.1 Å². The Morgan fingerprint density at radius 3 is 2.71 bits per heavy atom. The van der Waals surface area contributed by atoms with Crippen LogP contribution in [0.4, 0.5) is 5.00 Å². The average Bonchev–Trinajstić information content (AvgIpc) is 2.96. The summed E-state index contributed by atoms with van der Waals surface area (Å²) in [5.74, 6) is -1.06. The smallest absolute Gasteiger partial charge is 0.338 e. The van der Waals surface area contributed by atoms with E-state index >= 15 is 0 Å². The van der Waals surface area contributed by atoms with Crippen LogP contribution >= 0.6 is 11.3 Å². The van der Waals surface area contributed by atoms with Crippen molar-refractivity contribution in [1.82, 2.24) is 0 Å². The van der Waals surface area contributed by atoms with Gasteiger partial charge in [0.1, 0.15) is 5.00 Å². The van der Waals surface area contributed by atoms with E-state index < -0.39 is 24.4 Å². The number of thiophene rings is 1. The van der Waals surface area contributed by atoms with Crippen LogP contribution in [-0.4, -0.2) is 24.4 Å². The van der Waals surface area contributed by atoms with Crippen molar-refractivity contribution in [2.45, 2.75) is 40.0 Å². The topological polar surface area (TPSA) is 98.5 Å². The number of nitrogens with one attached hydrogen (secondary N) is 1. The van der Waals surface area contributed by atoms with Gasteiger partial charge >= 0.3 is 5.97 Å². The van der Waals surface area contributed by atoms with Crippen LogP contribution in [0.3, 0.4) is 0 Å². The molecule has 1 aromatic heterocycles. The number of rotatable bonds is 5. The molecule has 2 aromatic rings. The van der Waals surface area contributed by atoms with Gasteiger partial charge < -0.3 is 15.8 Å². The molecule has 3 N–H and O–H groups in total. The second kappa shape index (κ2) is 8.14. The largest absolute Gasteiger partial charge is 0.452 e. The zero-order valence-electron chi connectivity index (χ0n) is 16.3. The summed E-state index contributed by atoms with van der Waals surface area (Å²) in [7, 11) is 0. The Labute approximate surface area is 168 Å². The maximum absolute atomic E-state index is 12.3. The lowest BCUT2D eigenvalue weighted by Crippen LogP contribution is -2.23. The van der Waals surface area contributed by atoms with Crippen LogP contribution in [0.5, 0.6) is 0 Å². The Bertz CT molecular complexity index is 948. The lowest BCUT2D eigenvalue weighted by Gasteiger charge is -2.18. The lowest BCUT2D eigenvalue weighted by molar-refractivity contribution is -0.119. The number of aryl methyl sites for hydroxylation is 2. The fourth-order valence-electron chi connectivity index (χ4n) is 3.51. The molecule has 2 amide bonds. The summed E-state index contributed by atoms with van der Waals surface area (Å²) in [6.45, 7) is 5.49. The maximum Gasteiger partial charge on any atom is 0.338 e. The van der Waals surface area contributed by atoms with E-state index in [0.717, 1.165) is 40.8 Å². The van der Waals surface area contributed by atoms with Crippen molar-refractivity contribution in [2.24, 2.45) is 11.7 Å². The summed E-state index contributed by atoms with van der Waals surface area (Å²) < 4.78 is 5.14. The van der Waals surface area contributed by atoms with Crippen molar-refractivity contribution >= 4 is 34.1 Å². The number of hydrogen-bond donors (Lipinski definition) is 2. The molecule has 0 radical (unpaired) electrons. The molecule has 1 heterocycles. The van der Waals surface area contributed by atoms with Crippen LogP contribution in [0.25, 0.3) is 0 Å². The van der Waals surface area contributed by atoms with E-state index in [4.69, 9.17) is 10.5 Å². The van der Waals surface area contributed by atoms with E-state index in [9.17, 15) is 14.4 Å². The highest BCUT2D eigenvalue weighted by atomic mass is 32.1. The van der Waals surface area contributed by atoms with Gasteiger partial charge in [0.15, 0.2) is 6.61 Å². The Hall–Kier alpha value is -2.67. The predicted molar refractivity (Wildman–Crippen MR) is 109 cm³/mol. The zero-order chi connectivity index (χ0) is 20.4. The maximum atomic E-state index is 12.3. The number of esters is 1. The Kier molecular flexibility index (Phi) is 5.84. The minimum absolute atomic E-state index is 0.390. The molecule has 148 valence electrons. The number of carbonyl (C=O) groups excluding carboxylic acids is 3. The number of anilines is 1. The van der Waals surface area contributed by atoms with Crippen LogP contribution in [0.1, 0.15) is 55.6 Å². The number of benzene rings is 1. The summed E-state index contributed by atoms with van der Waals surface area (Å²) in [4.78, 5) is 37.6. The molecule has 1 aliphatic rings. The van der Waals surface area contributed by atoms with Crippen LogP contribution in [0.15, 0.2) is 18.2 Å². The summed E-state index contributed by atoms with van der Waals surface area (Å²) in [6.07, 6.45) is 2.64. The minimum Gasteiger partial charge on any atom is -0.452 e. The van der Waals surface area contributed by atoms with Gasteiger partial charge in [-0.25, -0.2) is 4.79 Å². The van der Waals surface area contributed by atoms with E-state index in [1.54, 1.807) is 6.07 Å². The summed E-state index contributed by atoms with van der Waals surface area (Å²) in [6, 6.07) is 5.39. The van der Waals surface area contributed by atoms with Crippen molar-refractivity contribution in [3.05, 3.63) is 50.9 Å². The first kappa shape index (κ1) is 20.1. The summed E-state index contributed by atoms with van der Waals surface area (Å²) >= 11 is 1.38. The molecule has 28 heavy (non-hydrogen) atoms. The lowest BCUT2D eigenvalue weighted by atomic mass is 9.88. The molecule has 6 nitrogen and oxygen atoms in total. The van der Waals surface area contributed by atoms with Crippen molar-refractivity contribution in [1.29, 1.82) is 0 Å². The molecule has 1 aromatic carbocycles. The van der Waals surface area contributed by atoms with E-state index in [2.05, 4.69) is 12.2 Å². The summed E-state index contributed by atoms with van der Waals surface area (Å²) in [5.41, 5.74) is 9.15. The fourth-order valence-corrected chi connectivity index (χ4v) is 4.95. The number of hydrogen-bond acceptors (Lipinski definition) is 5. The Morgan fingerprint density at radius 2 is 2.04 bits per heavy atom. The van der Waals surface area contributed by atoms with Crippen LogP contribution in [0.2, 0.25) is 0 Å². The minimum atomic E-state index is -0.554. The highest BCUT2D eigenvalue weighted by Crippen LogP contribution is 2.39. The molecule has 0 spiro atoms. The van der Waals surface area contributed by atoms with Gasteiger partial charge in [-0.1, -0.05) is 24.6 Å². The number of primary amides is 1. The molecule has 7 heteroatoms. The highest BCUT2D eigenvalue weighted by molar-refractivity contribution is 7.17. The third kappa shape index (κ3) is 4.25. The quantitative estimate of drug-likeness (QED) is 0.752. The Morgan fingerprint density at radius 1 is 1.29 bits per heavy atom. The third-order valence-electron chi connectivity index (χ3n) is 4.95. The van der Waals surface area contributed by atoms with Gasteiger partial charge in [0.2, 0.25) is 0 Å². The number of ether oxygens (including phenoxy) is 1. The fraction of sp³-hybridized carbons (Fsp3) is 0.381. The van der Waals surface area contributed by atoms with Gasteiger partial charge in [-0.3, -0.25) is 9.59 Å². The number of amides is 2. The monoisotopic (exact) mass is 400 g/mol. The average molecular weight is 401 g/mol. The van der Waals surface area contributed by atoms with Gasteiger partial charge in [0, 0.05) is 4.88 Å². The van der Waals surface area contributed by atoms with Gasteiger partial charge in [0.25, 0.3) is 11.8 Å². The van der Waals surface area contributed by atoms with Crippen molar-refractivity contribution in [3.8, 4) is 0 Å². The molecule has 0 fully saturated rings. The molecule has 0 saturated heterocycles. The molecule has 1 aliphatic carbocycles.